The van der Waals surface area contributed by atoms with Gasteiger partial charge in [-0.05, 0) is 24.1 Å². The molecule has 8 heteroatoms. The second kappa shape index (κ2) is 11.7. The topological polar surface area (TPSA) is 83.3 Å². The highest BCUT2D eigenvalue weighted by molar-refractivity contribution is 14.0. The predicted molar refractivity (Wildman–Crippen MR) is 138 cm³/mol. The summed E-state index contributed by atoms with van der Waals surface area (Å²) in [6.07, 6.45) is 4.26. The zero-order valence-electron chi connectivity index (χ0n) is 18.1. The first-order chi connectivity index (χ1) is 15.2. The number of anilines is 1. The molecule has 1 aliphatic rings. The molecule has 0 aliphatic carbocycles. The molecular weight excluding hydrogens is 515 g/mol. The number of hydrogen-bond acceptors (Lipinski definition) is 3. The first-order valence-corrected chi connectivity index (χ1v) is 10.7. The van der Waals surface area contributed by atoms with Crippen LogP contribution < -0.4 is 16.0 Å². The van der Waals surface area contributed by atoms with E-state index in [2.05, 4.69) is 43.7 Å². The Labute approximate surface area is 205 Å². The molecule has 2 heterocycles. The van der Waals surface area contributed by atoms with Crippen LogP contribution >= 0.6 is 24.0 Å². The number of carbonyl (C=O) groups excluding carboxylic acids is 1. The van der Waals surface area contributed by atoms with Crippen molar-refractivity contribution in [3.8, 4) is 0 Å². The lowest BCUT2D eigenvalue weighted by atomic mass is 9.90. The number of nitrogens with zero attached hydrogens (tertiary/aromatic N) is 3. The van der Waals surface area contributed by atoms with Crippen LogP contribution in [-0.4, -0.2) is 34.5 Å². The second-order valence-electron chi connectivity index (χ2n) is 7.57. The minimum absolute atomic E-state index is 0. The molecule has 3 aromatic rings. The average Bonchev–Trinajstić information content (AvgIpc) is 3.23. The van der Waals surface area contributed by atoms with E-state index in [1.165, 1.54) is 5.56 Å². The van der Waals surface area contributed by atoms with Crippen LogP contribution in [0.4, 0.5) is 5.69 Å². The molecule has 0 saturated carbocycles. The Balaban J connectivity index is 0.00000289. The number of nitrogens with one attached hydrogen (secondary N) is 3. The molecule has 32 heavy (non-hydrogen) atoms. The van der Waals surface area contributed by atoms with Gasteiger partial charge in [-0.15, -0.1) is 24.0 Å². The van der Waals surface area contributed by atoms with Crippen LogP contribution in [0.3, 0.4) is 0 Å². The van der Waals surface area contributed by atoms with Crippen LogP contribution in [0.25, 0.3) is 0 Å². The molecule has 0 bridgehead atoms. The van der Waals surface area contributed by atoms with Gasteiger partial charge in [-0.1, -0.05) is 48.5 Å². The van der Waals surface area contributed by atoms with Crippen LogP contribution in [0.5, 0.6) is 0 Å². The third kappa shape index (κ3) is 6.09. The van der Waals surface area contributed by atoms with E-state index in [1.54, 1.807) is 0 Å². The van der Waals surface area contributed by atoms with Crippen LogP contribution in [0.2, 0.25) is 0 Å². The quantitative estimate of drug-likeness (QED) is 0.241. The maximum Gasteiger partial charge on any atom is 0.225 e. The number of para-hydroxylation sites is 1. The first kappa shape index (κ1) is 23.8. The molecule has 1 aromatic heterocycles. The Hall–Kier alpha value is -2.88. The Kier molecular flexibility index (Phi) is 8.66. The van der Waals surface area contributed by atoms with Gasteiger partial charge >= 0.3 is 0 Å². The number of halogens is 1. The smallest absolute Gasteiger partial charge is 0.225 e. The highest BCUT2D eigenvalue weighted by Gasteiger charge is 2.24. The molecule has 0 fully saturated rings. The molecule has 0 spiro atoms. The van der Waals surface area contributed by atoms with E-state index in [4.69, 9.17) is 4.99 Å². The molecule has 0 saturated heterocycles. The summed E-state index contributed by atoms with van der Waals surface area (Å²) in [4.78, 5) is 21.3. The van der Waals surface area contributed by atoms with Crippen molar-refractivity contribution in [1.29, 1.82) is 0 Å². The zero-order chi connectivity index (χ0) is 21.5. The lowest BCUT2D eigenvalue weighted by Gasteiger charge is -2.26. The third-order valence-corrected chi connectivity index (χ3v) is 5.34. The minimum Gasteiger partial charge on any atom is -0.357 e. The SMILES string of the molecule is CCNC(=NCc1nccn1Cc1ccccc1)NCC1CC(=O)Nc2ccccc21.I. The van der Waals surface area contributed by atoms with Crippen LogP contribution in [-0.2, 0) is 17.9 Å². The van der Waals surface area contributed by atoms with Gasteiger partial charge in [-0.2, -0.15) is 0 Å². The third-order valence-electron chi connectivity index (χ3n) is 5.34. The second-order valence-corrected chi connectivity index (χ2v) is 7.57. The van der Waals surface area contributed by atoms with Crippen molar-refractivity contribution in [3.05, 3.63) is 83.9 Å². The molecule has 7 nitrogen and oxygen atoms in total. The average molecular weight is 544 g/mol. The summed E-state index contributed by atoms with van der Waals surface area (Å²) in [6, 6.07) is 18.3. The number of imidazole rings is 1. The largest absolute Gasteiger partial charge is 0.357 e. The number of fused-ring (bicyclic) bond motifs is 1. The number of hydrogen-bond donors (Lipinski definition) is 3. The maximum atomic E-state index is 12.1. The van der Waals surface area contributed by atoms with Crippen molar-refractivity contribution in [2.45, 2.75) is 32.4 Å². The van der Waals surface area contributed by atoms with Crippen molar-refractivity contribution in [2.24, 2.45) is 4.99 Å². The van der Waals surface area contributed by atoms with Crippen molar-refractivity contribution < 1.29 is 4.79 Å². The number of aromatic nitrogens is 2. The number of benzene rings is 2. The van der Waals surface area contributed by atoms with Gasteiger partial charge in [-0.25, -0.2) is 9.98 Å². The summed E-state index contributed by atoms with van der Waals surface area (Å²) in [6.45, 7) is 4.66. The minimum atomic E-state index is 0. The molecule has 3 N–H and O–H groups in total. The maximum absolute atomic E-state index is 12.1. The summed E-state index contributed by atoms with van der Waals surface area (Å²) in [5, 5.41) is 9.64. The molecule has 168 valence electrons. The Morgan fingerprint density at radius 1 is 1.16 bits per heavy atom. The molecule has 2 aromatic carbocycles. The first-order valence-electron chi connectivity index (χ1n) is 10.7. The fourth-order valence-corrected chi connectivity index (χ4v) is 3.81. The Morgan fingerprint density at radius 2 is 1.94 bits per heavy atom. The fraction of sp³-hybridized carbons (Fsp3) is 0.292. The number of carbonyl (C=O) groups is 1. The van der Waals surface area contributed by atoms with E-state index in [0.717, 1.165) is 36.1 Å². The summed E-state index contributed by atoms with van der Waals surface area (Å²) in [5.74, 6) is 1.79. The zero-order valence-corrected chi connectivity index (χ0v) is 20.5. The van der Waals surface area contributed by atoms with Crippen molar-refractivity contribution in [2.75, 3.05) is 18.4 Å². The lowest BCUT2D eigenvalue weighted by Crippen LogP contribution is -2.40. The lowest BCUT2D eigenvalue weighted by molar-refractivity contribution is -0.116. The van der Waals surface area contributed by atoms with E-state index >= 15 is 0 Å². The van der Waals surface area contributed by atoms with E-state index < -0.39 is 0 Å². The number of aliphatic imine (C=N–C) groups is 1. The van der Waals surface area contributed by atoms with Crippen LogP contribution in [0.1, 0.15) is 36.2 Å². The normalized spacial score (nSPS) is 15.3. The van der Waals surface area contributed by atoms with Crippen molar-refractivity contribution >= 4 is 41.5 Å². The Bertz CT molecular complexity index is 1050. The summed E-state index contributed by atoms with van der Waals surface area (Å²) in [7, 11) is 0. The van der Waals surface area contributed by atoms with Gasteiger partial charge in [0.05, 0.1) is 0 Å². The molecule has 1 amide bonds. The van der Waals surface area contributed by atoms with Gasteiger partial charge < -0.3 is 20.5 Å². The fourth-order valence-electron chi connectivity index (χ4n) is 3.81. The molecule has 0 radical (unpaired) electrons. The monoisotopic (exact) mass is 544 g/mol. The van der Waals surface area contributed by atoms with Crippen LogP contribution in [0.15, 0.2) is 72.0 Å². The van der Waals surface area contributed by atoms with E-state index in [0.29, 0.717) is 19.5 Å². The molecule has 1 unspecified atom stereocenters. The van der Waals surface area contributed by atoms with Gasteiger partial charge in [0, 0.05) is 50.1 Å². The van der Waals surface area contributed by atoms with Crippen molar-refractivity contribution in [3.63, 3.8) is 0 Å². The summed E-state index contributed by atoms with van der Waals surface area (Å²) in [5.41, 5.74) is 3.28. The number of amides is 1. The van der Waals surface area contributed by atoms with E-state index in [9.17, 15) is 4.79 Å². The number of guanidine groups is 1. The number of rotatable bonds is 7. The standard InChI is InChI=1S/C24H28N6O.HI/c1-2-25-24(27-15-19-14-23(31)29-21-11-7-6-10-20(19)21)28-16-22-26-12-13-30(22)17-18-8-4-3-5-9-18;/h3-13,19H,2,14-17H2,1H3,(H,29,31)(H2,25,27,28);1H. The Morgan fingerprint density at radius 3 is 2.75 bits per heavy atom. The summed E-state index contributed by atoms with van der Waals surface area (Å²) < 4.78 is 2.12. The molecule has 1 atom stereocenters. The van der Waals surface area contributed by atoms with E-state index in [-0.39, 0.29) is 35.8 Å². The van der Waals surface area contributed by atoms with Gasteiger partial charge in [0.15, 0.2) is 5.96 Å². The summed E-state index contributed by atoms with van der Waals surface area (Å²) >= 11 is 0. The van der Waals surface area contributed by atoms with Gasteiger partial charge in [0.1, 0.15) is 12.4 Å². The van der Waals surface area contributed by atoms with Gasteiger partial charge in [0.2, 0.25) is 5.91 Å². The highest BCUT2D eigenvalue weighted by atomic mass is 127. The van der Waals surface area contributed by atoms with E-state index in [1.807, 2.05) is 55.7 Å². The molecule has 1 aliphatic heterocycles. The molecule has 4 rings (SSSR count). The van der Waals surface area contributed by atoms with Crippen LogP contribution in [0, 0.1) is 0 Å². The van der Waals surface area contributed by atoms with Crippen molar-refractivity contribution in [1.82, 2.24) is 20.2 Å². The predicted octanol–water partition coefficient (Wildman–Crippen LogP) is 3.73. The molecular formula is C24H29IN6O. The highest BCUT2D eigenvalue weighted by Crippen LogP contribution is 2.31. The van der Waals surface area contributed by atoms with Gasteiger partial charge in [-0.3, -0.25) is 4.79 Å². The van der Waals surface area contributed by atoms with Gasteiger partial charge in [0.25, 0.3) is 0 Å².